The van der Waals surface area contributed by atoms with Crippen molar-refractivity contribution in [3.8, 4) is 0 Å². The maximum atomic E-state index is 12.1. The van der Waals surface area contributed by atoms with E-state index in [1.807, 2.05) is 13.8 Å². The maximum Gasteiger partial charge on any atom is 0.240 e. The summed E-state index contributed by atoms with van der Waals surface area (Å²) in [7, 11) is 0. The fraction of sp³-hybridized carbons (Fsp3) is 0.786. The molecule has 0 aromatic carbocycles. The molecule has 21 heavy (non-hydrogen) atoms. The van der Waals surface area contributed by atoms with Crippen LogP contribution in [-0.4, -0.2) is 64.1 Å². The smallest absolute Gasteiger partial charge is 0.240 e. The maximum absolute atomic E-state index is 12.1. The fourth-order valence-electron chi connectivity index (χ4n) is 2.62. The topological polar surface area (TPSA) is 74.5 Å². The second-order valence-electron chi connectivity index (χ2n) is 6.01. The van der Waals surface area contributed by atoms with E-state index in [-0.39, 0.29) is 11.9 Å². The van der Waals surface area contributed by atoms with Gasteiger partial charge in [-0.2, -0.15) is 4.98 Å². The van der Waals surface area contributed by atoms with Crippen LogP contribution in [0.1, 0.15) is 31.5 Å². The average molecular weight is 293 g/mol. The van der Waals surface area contributed by atoms with Gasteiger partial charge in [-0.25, -0.2) is 0 Å². The van der Waals surface area contributed by atoms with Crippen LogP contribution < -0.4 is 5.32 Å². The third-order valence-electron chi connectivity index (χ3n) is 4.19. The molecule has 0 bridgehead atoms. The van der Waals surface area contributed by atoms with Crippen molar-refractivity contribution in [2.24, 2.45) is 0 Å². The van der Waals surface area contributed by atoms with Crippen molar-refractivity contribution in [3.05, 3.63) is 11.7 Å². The third kappa shape index (κ3) is 3.79. The summed E-state index contributed by atoms with van der Waals surface area (Å²) in [5, 5.41) is 6.88. The summed E-state index contributed by atoms with van der Waals surface area (Å²) in [4.78, 5) is 20.8. The van der Waals surface area contributed by atoms with Gasteiger partial charge < -0.3 is 9.84 Å². The summed E-state index contributed by atoms with van der Waals surface area (Å²) in [5.41, 5.74) is 0. The molecule has 1 aliphatic heterocycles. The molecule has 116 valence electrons. The Labute approximate surface area is 124 Å². The molecule has 7 nitrogen and oxygen atoms in total. The lowest BCUT2D eigenvalue weighted by molar-refractivity contribution is -0.126. The molecule has 2 aliphatic rings. The highest BCUT2D eigenvalue weighted by molar-refractivity contribution is 5.81. The summed E-state index contributed by atoms with van der Waals surface area (Å²) >= 11 is 0. The minimum Gasteiger partial charge on any atom is -0.352 e. The molecule has 1 N–H and O–H groups in total. The van der Waals surface area contributed by atoms with Crippen molar-refractivity contribution in [2.75, 3.05) is 26.2 Å². The van der Waals surface area contributed by atoms with E-state index >= 15 is 0 Å². The van der Waals surface area contributed by atoms with Crippen LogP contribution in [0.4, 0.5) is 0 Å². The number of aromatic nitrogens is 2. The first-order valence-corrected chi connectivity index (χ1v) is 7.68. The highest BCUT2D eigenvalue weighted by Crippen LogP contribution is 2.19. The zero-order valence-corrected chi connectivity index (χ0v) is 12.7. The molecule has 1 saturated carbocycles. The largest absolute Gasteiger partial charge is 0.352 e. The Morgan fingerprint density at radius 2 is 2.10 bits per heavy atom. The van der Waals surface area contributed by atoms with Gasteiger partial charge in [0.05, 0.1) is 12.6 Å². The molecule has 0 radical (unpaired) electrons. The number of aryl methyl sites for hydroxylation is 1. The van der Waals surface area contributed by atoms with E-state index in [0.717, 1.165) is 39.0 Å². The van der Waals surface area contributed by atoms with Crippen LogP contribution in [0.3, 0.4) is 0 Å². The van der Waals surface area contributed by atoms with E-state index in [9.17, 15) is 4.79 Å². The monoisotopic (exact) mass is 293 g/mol. The molecule has 1 atom stereocenters. The van der Waals surface area contributed by atoms with Crippen molar-refractivity contribution in [1.29, 1.82) is 0 Å². The number of piperazine rings is 1. The predicted molar refractivity (Wildman–Crippen MR) is 76.5 cm³/mol. The van der Waals surface area contributed by atoms with E-state index in [2.05, 4.69) is 25.3 Å². The number of carbonyl (C=O) groups excluding carboxylic acids is 1. The van der Waals surface area contributed by atoms with E-state index < -0.39 is 0 Å². The standard InChI is InChI=1S/C14H23N5O2/c1-10(14(20)16-12-3-4-12)19-7-5-18(6-8-19)9-13-15-11(2)17-21-13/h10,12H,3-9H2,1-2H3,(H,16,20). The molecule has 3 rings (SSSR count). The van der Waals surface area contributed by atoms with Crippen LogP contribution in [0.2, 0.25) is 0 Å². The Morgan fingerprint density at radius 3 is 2.67 bits per heavy atom. The first kappa shape index (κ1) is 14.5. The Bertz CT molecular complexity index is 491. The van der Waals surface area contributed by atoms with Crippen LogP contribution in [0, 0.1) is 6.92 Å². The summed E-state index contributed by atoms with van der Waals surface area (Å²) in [6.07, 6.45) is 2.27. The second kappa shape index (κ2) is 6.11. The molecular formula is C14H23N5O2. The quantitative estimate of drug-likeness (QED) is 0.834. The molecule has 7 heteroatoms. The van der Waals surface area contributed by atoms with E-state index in [4.69, 9.17) is 4.52 Å². The highest BCUT2D eigenvalue weighted by atomic mass is 16.5. The van der Waals surface area contributed by atoms with Gasteiger partial charge in [-0.15, -0.1) is 0 Å². The van der Waals surface area contributed by atoms with Gasteiger partial charge in [-0.3, -0.25) is 14.6 Å². The number of amides is 1. The van der Waals surface area contributed by atoms with Crippen molar-refractivity contribution in [1.82, 2.24) is 25.3 Å². The van der Waals surface area contributed by atoms with Crippen LogP contribution >= 0.6 is 0 Å². The van der Waals surface area contributed by atoms with Gasteiger partial charge in [0.2, 0.25) is 11.8 Å². The summed E-state index contributed by atoms with van der Waals surface area (Å²) in [5.74, 6) is 1.51. The molecule has 1 aromatic heterocycles. The van der Waals surface area contributed by atoms with Crippen LogP contribution in [0.15, 0.2) is 4.52 Å². The van der Waals surface area contributed by atoms with Gasteiger partial charge in [0.25, 0.3) is 0 Å². The summed E-state index contributed by atoms with van der Waals surface area (Å²) in [6, 6.07) is 0.389. The van der Waals surface area contributed by atoms with Gasteiger partial charge in [-0.1, -0.05) is 5.16 Å². The number of hydrogen-bond donors (Lipinski definition) is 1. The van der Waals surface area contributed by atoms with Gasteiger partial charge in [0.1, 0.15) is 0 Å². The first-order chi connectivity index (χ1) is 10.1. The van der Waals surface area contributed by atoms with Crippen molar-refractivity contribution in [2.45, 2.75) is 45.3 Å². The Morgan fingerprint density at radius 1 is 1.38 bits per heavy atom. The zero-order valence-electron chi connectivity index (χ0n) is 12.7. The molecule has 2 heterocycles. The molecule has 1 aromatic rings. The van der Waals surface area contributed by atoms with E-state index in [1.165, 1.54) is 0 Å². The first-order valence-electron chi connectivity index (χ1n) is 7.68. The number of hydrogen-bond acceptors (Lipinski definition) is 6. The third-order valence-corrected chi connectivity index (χ3v) is 4.19. The number of nitrogens with zero attached hydrogens (tertiary/aromatic N) is 4. The molecule has 1 amide bonds. The number of nitrogens with one attached hydrogen (secondary N) is 1. The van der Waals surface area contributed by atoms with E-state index in [0.29, 0.717) is 24.3 Å². The lowest BCUT2D eigenvalue weighted by Gasteiger charge is -2.36. The molecule has 1 saturated heterocycles. The molecule has 0 spiro atoms. The summed E-state index contributed by atoms with van der Waals surface area (Å²) in [6.45, 7) is 8.14. The number of carbonyl (C=O) groups is 1. The normalized spacial score (nSPS) is 22.2. The highest BCUT2D eigenvalue weighted by Gasteiger charge is 2.30. The average Bonchev–Trinajstić information content (AvgIpc) is 3.20. The molecular weight excluding hydrogens is 270 g/mol. The zero-order chi connectivity index (χ0) is 14.8. The van der Waals surface area contributed by atoms with Crippen molar-refractivity contribution >= 4 is 5.91 Å². The minimum atomic E-state index is -0.0431. The number of rotatable bonds is 5. The summed E-state index contributed by atoms with van der Waals surface area (Å²) < 4.78 is 5.15. The molecule has 1 aliphatic carbocycles. The van der Waals surface area contributed by atoms with Gasteiger partial charge in [0, 0.05) is 32.2 Å². The second-order valence-corrected chi connectivity index (χ2v) is 6.01. The fourth-order valence-corrected chi connectivity index (χ4v) is 2.62. The van der Waals surface area contributed by atoms with Gasteiger partial charge in [0.15, 0.2) is 5.82 Å². The molecule has 1 unspecified atom stereocenters. The lowest BCUT2D eigenvalue weighted by atomic mass is 10.2. The Balaban J connectivity index is 1.44. The lowest BCUT2D eigenvalue weighted by Crippen LogP contribution is -2.53. The van der Waals surface area contributed by atoms with Crippen molar-refractivity contribution < 1.29 is 9.32 Å². The SMILES string of the molecule is Cc1noc(CN2CCN(C(C)C(=O)NC3CC3)CC2)n1. The van der Waals surface area contributed by atoms with Crippen LogP contribution in [0.25, 0.3) is 0 Å². The minimum absolute atomic E-state index is 0.0431. The Hall–Kier alpha value is -1.47. The van der Waals surface area contributed by atoms with Crippen molar-refractivity contribution in [3.63, 3.8) is 0 Å². The van der Waals surface area contributed by atoms with E-state index in [1.54, 1.807) is 0 Å². The van der Waals surface area contributed by atoms with Crippen LogP contribution in [-0.2, 0) is 11.3 Å². The molecule has 2 fully saturated rings. The Kier molecular flexibility index (Phi) is 4.21. The van der Waals surface area contributed by atoms with Gasteiger partial charge >= 0.3 is 0 Å². The predicted octanol–water partition coefficient (Wildman–Crippen LogP) is 0.163. The van der Waals surface area contributed by atoms with Gasteiger partial charge in [-0.05, 0) is 26.7 Å². The van der Waals surface area contributed by atoms with Crippen LogP contribution in [0.5, 0.6) is 0 Å².